The van der Waals surface area contributed by atoms with Crippen molar-refractivity contribution < 1.29 is 9.53 Å². The van der Waals surface area contributed by atoms with Crippen LogP contribution in [0.3, 0.4) is 0 Å². The molecule has 0 heterocycles. The fourth-order valence-electron chi connectivity index (χ4n) is 2.62. The third-order valence-electron chi connectivity index (χ3n) is 3.81. The Morgan fingerprint density at radius 3 is 2.50 bits per heavy atom. The molecule has 1 aromatic carbocycles. The molecule has 0 spiro atoms. The fraction of sp³-hybridized carbons (Fsp3) is 0.533. The van der Waals surface area contributed by atoms with Gasteiger partial charge >= 0.3 is 0 Å². The number of anilines is 1. The Balaban J connectivity index is 1.97. The number of rotatable bonds is 3. The molecule has 18 heavy (non-hydrogen) atoms. The number of hydrogen-bond donors (Lipinski definition) is 1. The number of methoxy groups -OCH3 is 1. The van der Waals surface area contributed by atoms with Crippen molar-refractivity contribution >= 4 is 11.6 Å². The van der Waals surface area contributed by atoms with Crippen LogP contribution >= 0.6 is 0 Å². The van der Waals surface area contributed by atoms with E-state index in [2.05, 4.69) is 12.2 Å². The summed E-state index contributed by atoms with van der Waals surface area (Å²) >= 11 is 0. The van der Waals surface area contributed by atoms with Gasteiger partial charge in [0.05, 0.1) is 7.11 Å². The first-order valence-electron chi connectivity index (χ1n) is 6.65. The lowest BCUT2D eigenvalue weighted by molar-refractivity contribution is -0.122. The quantitative estimate of drug-likeness (QED) is 0.888. The summed E-state index contributed by atoms with van der Waals surface area (Å²) in [6, 6.07) is 7.48. The summed E-state index contributed by atoms with van der Waals surface area (Å²) < 4.78 is 5.09. The van der Waals surface area contributed by atoms with Crippen LogP contribution in [-0.4, -0.2) is 13.0 Å². The highest BCUT2D eigenvalue weighted by Crippen LogP contribution is 2.30. The molecule has 3 nitrogen and oxygen atoms in total. The van der Waals surface area contributed by atoms with Crippen LogP contribution in [0.15, 0.2) is 24.3 Å². The van der Waals surface area contributed by atoms with E-state index in [0.29, 0.717) is 5.92 Å². The SMILES string of the molecule is COc1ccc(NC(=O)[C@@H]2CCCC[C@H]2C)cc1. The third-order valence-corrected chi connectivity index (χ3v) is 3.81. The molecule has 3 heteroatoms. The molecule has 0 aliphatic heterocycles. The van der Waals surface area contributed by atoms with E-state index in [1.807, 2.05) is 24.3 Å². The highest BCUT2D eigenvalue weighted by molar-refractivity contribution is 5.92. The second-order valence-corrected chi connectivity index (χ2v) is 5.09. The first-order valence-corrected chi connectivity index (χ1v) is 6.65. The molecule has 0 radical (unpaired) electrons. The van der Waals surface area contributed by atoms with E-state index < -0.39 is 0 Å². The van der Waals surface area contributed by atoms with Crippen LogP contribution in [0.2, 0.25) is 0 Å². The highest BCUT2D eigenvalue weighted by atomic mass is 16.5. The Kier molecular flexibility index (Phi) is 4.24. The van der Waals surface area contributed by atoms with Gasteiger partial charge in [-0.1, -0.05) is 19.8 Å². The minimum Gasteiger partial charge on any atom is -0.497 e. The van der Waals surface area contributed by atoms with Gasteiger partial charge in [0.15, 0.2) is 0 Å². The second kappa shape index (κ2) is 5.89. The van der Waals surface area contributed by atoms with E-state index in [0.717, 1.165) is 17.9 Å². The lowest BCUT2D eigenvalue weighted by atomic mass is 9.80. The molecule has 1 aliphatic rings. The molecule has 0 aromatic heterocycles. The maximum Gasteiger partial charge on any atom is 0.227 e. The van der Waals surface area contributed by atoms with Crippen molar-refractivity contribution in [3.8, 4) is 5.75 Å². The zero-order chi connectivity index (χ0) is 13.0. The molecule has 0 saturated heterocycles. The smallest absolute Gasteiger partial charge is 0.227 e. The standard InChI is InChI=1S/C15H21NO2/c1-11-5-3-4-6-14(11)15(17)16-12-7-9-13(18-2)10-8-12/h7-11,14H,3-6H2,1-2H3,(H,16,17)/t11-,14-/m1/s1. The predicted octanol–water partition coefficient (Wildman–Crippen LogP) is 3.46. The maximum absolute atomic E-state index is 12.2. The van der Waals surface area contributed by atoms with Crippen molar-refractivity contribution in [3.05, 3.63) is 24.3 Å². The molecule has 2 atom stereocenters. The van der Waals surface area contributed by atoms with Gasteiger partial charge in [-0.25, -0.2) is 0 Å². The van der Waals surface area contributed by atoms with Gasteiger partial charge in [0, 0.05) is 11.6 Å². The molecular weight excluding hydrogens is 226 g/mol. The number of nitrogens with one attached hydrogen (secondary N) is 1. The third kappa shape index (κ3) is 3.03. The Hall–Kier alpha value is -1.51. The minimum absolute atomic E-state index is 0.160. The van der Waals surface area contributed by atoms with Crippen molar-refractivity contribution in [3.63, 3.8) is 0 Å². The first-order chi connectivity index (χ1) is 8.70. The van der Waals surface area contributed by atoms with E-state index in [1.54, 1.807) is 7.11 Å². The van der Waals surface area contributed by atoms with Crippen molar-refractivity contribution in [2.24, 2.45) is 11.8 Å². The van der Waals surface area contributed by atoms with E-state index in [9.17, 15) is 4.79 Å². The lowest BCUT2D eigenvalue weighted by Crippen LogP contribution is -2.30. The molecule has 0 bridgehead atoms. The zero-order valence-corrected chi connectivity index (χ0v) is 11.1. The molecule has 1 amide bonds. The summed E-state index contributed by atoms with van der Waals surface area (Å²) in [4.78, 5) is 12.2. The lowest BCUT2D eigenvalue weighted by Gasteiger charge is -2.27. The molecular formula is C15H21NO2. The molecule has 1 aliphatic carbocycles. The molecule has 1 fully saturated rings. The van der Waals surface area contributed by atoms with Gasteiger partial charge in [-0.2, -0.15) is 0 Å². The number of amides is 1. The zero-order valence-electron chi connectivity index (χ0n) is 11.1. The van der Waals surface area contributed by atoms with Crippen molar-refractivity contribution in [1.29, 1.82) is 0 Å². The number of ether oxygens (including phenoxy) is 1. The average molecular weight is 247 g/mol. The highest BCUT2D eigenvalue weighted by Gasteiger charge is 2.27. The molecule has 98 valence electrons. The van der Waals surface area contributed by atoms with E-state index in [4.69, 9.17) is 4.74 Å². The number of carbonyl (C=O) groups excluding carboxylic acids is 1. The minimum atomic E-state index is 0.160. The van der Waals surface area contributed by atoms with E-state index >= 15 is 0 Å². The Labute approximate surface area is 109 Å². The monoisotopic (exact) mass is 247 g/mol. The molecule has 2 rings (SSSR count). The van der Waals surface area contributed by atoms with Gasteiger partial charge in [0.1, 0.15) is 5.75 Å². The van der Waals surface area contributed by atoms with Crippen LogP contribution in [0.1, 0.15) is 32.6 Å². The van der Waals surface area contributed by atoms with Gasteiger partial charge < -0.3 is 10.1 Å². The summed E-state index contributed by atoms with van der Waals surface area (Å²) in [5.41, 5.74) is 0.846. The maximum atomic E-state index is 12.2. The van der Waals surface area contributed by atoms with E-state index in [1.165, 1.54) is 19.3 Å². The summed E-state index contributed by atoms with van der Waals surface area (Å²) in [6.07, 6.45) is 4.61. The summed E-state index contributed by atoms with van der Waals surface area (Å²) in [5.74, 6) is 1.63. The van der Waals surface area contributed by atoms with Crippen LogP contribution in [-0.2, 0) is 4.79 Å². The summed E-state index contributed by atoms with van der Waals surface area (Å²) in [7, 11) is 1.64. The van der Waals surface area contributed by atoms with Crippen LogP contribution < -0.4 is 10.1 Å². The summed E-state index contributed by atoms with van der Waals surface area (Å²) in [5, 5.41) is 3.00. The normalized spacial score (nSPS) is 23.4. The topological polar surface area (TPSA) is 38.3 Å². The largest absolute Gasteiger partial charge is 0.497 e. The van der Waals surface area contributed by atoms with Crippen LogP contribution in [0.25, 0.3) is 0 Å². The average Bonchev–Trinajstić information content (AvgIpc) is 2.40. The van der Waals surface area contributed by atoms with E-state index in [-0.39, 0.29) is 11.8 Å². The fourth-order valence-corrected chi connectivity index (χ4v) is 2.62. The van der Waals surface area contributed by atoms with Crippen LogP contribution in [0.5, 0.6) is 5.75 Å². The molecule has 1 saturated carbocycles. The van der Waals surface area contributed by atoms with Crippen LogP contribution in [0, 0.1) is 11.8 Å². The van der Waals surface area contributed by atoms with Crippen molar-refractivity contribution in [2.75, 3.05) is 12.4 Å². The summed E-state index contributed by atoms with van der Waals surface area (Å²) in [6.45, 7) is 2.18. The Morgan fingerprint density at radius 1 is 1.22 bits per heavy atom. The van der Waals surface area contributed by atoms with Crippen molar-refractivity contribution in [1.82, 2.24) is 0 Å². The number of benzene rings is 1. The number of hydrogen-bond acceptors (Lipinski definition) is 2. The van der Waals surface area contributed by atoms with Gasteiger partial charge in [-0.05, 0) is 43.0 Å². The van der Waals surface area contributed by atoms with Gasteiger partial charge in [0.2, 0.25) is 5.91 Å². The van der Waals surface area contributed by atoms with Crippen LogP contribution in [0.4, 0.5) is 5.69 Å². The number of carbonyl (C=O) groups is 1. The molecule has 0 unspecified atom stereocenters. The van der Waals surface area contributed by atoms with Gasteiger partial charge in [0.25, 0.3) is 0 Å². The first kappa shape index (κ1) is 12.9. The van der Waals surface area contributed by atoms with Crippen molar-refractivity contribution in [2.45, 2.75) is 32.6 Å². The second-order valence-electron chi connectivity index (χ2n) is 5.09. The van der Waals surface area contributed by atoms with Gasteiger partial charge in [-0.3, -0.25) is 4.79 Å². The Bertz CT molecular complexity index is 399. The Morgan fingerprint density at radius 2 is 1.89 bits per heavy atom. The predicted molar refractivity (Wildman–Crippen MR) is 72.7 cm³/mol. The molecule has 1 aromatic rings. The van der Waals surface area contributed by atoms with Gasteiger partial charge in [-0.15, -0.1) is 0 Å². The molecule has 1 N–H and O–H groups in total.